The van der Waals surface area contributed by atoms with E-state index in [0.29, 0.717) is 35.4 Å². The van der Waals surface area contributed by atoms with E-state index in [-0.39, 0.29) is 0 Å². The molecule has 0 aliphatic carbocycles. The summed E-state index contributed by atoms with van der Waals surface area (Å²) in [6, 6.07) is 8.57. The Bertz CT molecular complexity index is 674. The molecule has 1 aromatic heterocycles. The van der Waals surface area contributed by atoms with E-state index in [0.717, 1.165) is 0 Å². The third-order valence-electron chi connectivity index (χ3n) is 2.84. The molecule has 22 heavy (non-hydrogen) atoms. The quantitative estimate of drug-likeness (QED) is 0.897. The summed E-state index contributed by atoms with van der Waals surface area (Å²) >= 11 is 0. The molecule has 2 rings (SSSR count). The Balaban J connectivity index is 2.54. The normalized spacial score (nSPS) is 10.1. The van der Waals surface area contributed by atoms with E-state index < -0.39 is 6.09 Å². The highest BCUT2D eigenvalue weighted by molar-refractivity contribution is 5.88. The maximum Gasteiger partial charge on any atom is 0.219 e. The van der Waals surface area contributed by atoms with Gasteiger partial charge < -0.3 is 24.9 Å². The summed E-state index contributed by atoms with van der Waals surface area (Å²) in [4.78, 5) is 21.4. The van der Waals surface area contributed by atoms with Crippen LogP contribution in [0.25, 0.3) is 11.4 Å². The number of hydrogen-bond donors (Lipinski definition) is 1. The van der Waals surface area contributed by atoms with Gasteiger partial charge in [-0.1, -0.05) is 12.1 Å². The lowest BCUT2D eigenvalue weighted by Crippen LogP contribution is -2.29. The third-order valence-corrected chi connectivity index (χ3v) is 2.84. The molecule has 1 amide bonds. The number of aromatic nitrogens is 2. The number of carboxylic acid groups (broad SMARTS) is 1. The first-order valence-electron chi connectivity index (χ1n) is 6.78. The van der Waals surface area contributed by atoms with Crippen LogP contribution in [0.5, 0.6) is 5.88 Å². The zero-order valence-corrected chi connectivity index (χ0v) is 12.7. The second-order valence-corrected chi connectivity index (χ2v) is 4.67. The van der Waals surface area contributed by atoms with Crippen LogP contribution in [0, 0.1) is 0 Å². The van der Waals surface area contributed by atoms with Crippen molar-refractivity contribution in [2.75, 3.05) is 30.9 Å². The van der Waals surface area contributed by atoms with Crippen molar-refractivity contribution in [3.63, 3.8) is 0 Å². The number of hydrogen-bond acceptors (Lipinski definition) is 6. The highest BCUT2D eigenvalue weighted by Gasteiger charge is 2.12. The van der Waals surface area contributed by atoms with Gasteiger partial charge in [-0.05, 0) is 19.1 Å². The molecule has 0 saturated heterocycles. The Morgan fingerprint density at radius 3 is 2.68 bits per heavy atom. The number of benzene rings is 1. The topological polar surface area (TPSA) is 90.4 Å². The van der Waals surface area contributed by atoms with Crippen LogP contribution >= 0.6 is 0 Å². The summed E-state index contributed by atoms with van der Waals surface area (Å²) in [6.45, 7) is 2.34. The zero-order chi connectivity index (χ0) is 16.1. The summed E-state index contributed by atoms with van der Waals surface area (Å²) in [7, 11) is 3.71. The second kappa shape index (κ2) is 6.75. The van der Waals surface area contributed by atoms with Gasteiger partial charge in [0.05, 0.1) is 12.3 Å². The first-order valence-corrected chi connectivity index (χ1v) is 6.78. The van der Waals surface area contributed by atoms with Gasteiger partial charge in [-0.3, -0.25) is 0 Å². The van der Waals surface area contributed by atoms with Crippen molar-refractivity contribution >= 4 is 17.6 Å². The minimum Gasteiger partial charge on any atom is -0.530 e. The number of anilines is 2. The van der Waals surface area contributed by atoms with Gasteiger partial charge in [0.15, 0.2) is 5.82 Å². The Morgan fingerprint density at radius 2 is 2.05 bits per heavy atom. The van der Waals surface area contributed by atoms with Gasteiger partial charge in [-0.2, -0.15) is 4.98 Å². The minimum absolute atomic E-state index is 0.362. The van der Waals surface area contributed by atoms with E-state index in [9.17, 15) is 9.90 Å². The van der Waals surface area contributed by atoms with Crippen LogP contribution in [0.4, 0.5) is 16.3 Å². The Kier molecular flexibility index (Phi) is 4.77. The van der Waals surface area contributed by atoms with E-state index in [2.05, 4.69) is 15.3 Å². The standard InChI is InChI=1S/C15H18N4O3/c1-4-22-13-9-12(19(2)3)17-14(18-13)10-7-5-6-8-11(10)16-15(20)21/h5-9,16H,4H2,1-3H3,(H,20,21)/p-1. The van der Waals surface area contributed by atoms with Crippen molar-refractivity contribution in [2.45, 2.75) is 6.92 Å². The first-order chi connectivity index (χ1) is 10.5. The number of para-hydroxylation sites is 1. The van der Waals surface area contributed by atoms with E-state index in [4.69, 9.17) is 4.74 Å². The molecule has 0 saturated carbocycles. The molecule has 7 nitrogen and oxygen atoms in total. The summed E-state index contributed by atoms with van der Waals surface area (Å²) in [5.74, 6) is 1.47. The van der Waals surface area contributed by atoms with Crippen LogP contribution in [0.1, 0.15) is 6.92 Å². The molecule has 0 bridgehead atoms. The van der Waals surface area contributed by atoms with Crippen molar-refractivity contribution in [3.05, 3.63) is 30.3 Å². The monoisotopic (exact) mass is 301 g/mol. The molecule has 0 fully saturated rings. The van der Waals surface area contributed by atoms with Crippen LogP contribution in [-0.2, 0) is 0 Å². The molecule has 2 aromatic rings. The molecule has 1 N–H and O–H groups in total. The molecule has 1 aromatic carbocycles. The molecule has 0 unspecified atom stereocenters. The molecule has 116 valence electrons. The number of ether oxygens (including phenoxy) is 1. The third kappa shape index (κ3) is 3.63. The van der Waals surface area contributed by atoms with Gasteiger partial charge in [-0.25, -0.2) is 4.98 Å². The summed E-state index contributed by atoms with van der Waals surface area (Å²) in [6.07, 6.45) is -1.39. The van der Waals surface area contributed by atoms with Gasteiger partial charge in [0.1, 0.15) is 11.9 Å². The average molecular weight is 301 g/mol. The molecule has 1 heterocycles. The number of rotatable bonds is 5. The first kappa shape index (κ1) is 15.6. The summed E-state index contributed by atoms with van der Waals surface area (Å²) < 4.78 is 5.45. The largest absolute Gasteiger partial charge is 0.530 e. The summed E-state index contributed by atoms with van der Waals surface area (Å²) in [5.41, 5.74) is 0.914. The fourth-order valence-corrected chi connectivity index (χ4v) is 1.88. The average Bonchev–Trinajstić information content (AvgIpc) is 2.47. The molecule has 0 radical (unpaired) electrons. The number of nitrogens with zero attached hydrogens (tertiary/aromatic N) is 3. The van der Waals surface area contributed by atoms with Crippen molar-refractivity contribution in [1.29, 1.82) is 0 Å². The van der Waals surface area contributed by atoms with Crippen molar-refractivity contribution in [3.8, 4) is 17.3 Å². The molecular weight excluding hydrogens is 284 g/mol. The van der Waals surface area contributed by atoms with Gasteiger partial charge in [-0.15, -0.1) is 0 Å². The smallest absolute Gasteiger partial charge is 0.219 e. The van der Waals surface area contributed by atoms with Crippen molar-refractivity contribution in [1.82, 2.24) is 9.97 Å². The number of nitrogens with one attached hydrogen (secondary N) is 1. The van der Waals surface area contributed by atoms with Crippen molar-refractivity contribution < 1.29 is 14.6 Å². The van der Waals surface area contributed by atoms with Crippen LogP contribution < -0.4 is 20.1 Å². The van der Waals surface area contributed by atoms with Crippen LogP contribution in [0.15, 0.2) is 30.3 Å². The van der Waals surface area contributed by atoms with E-state index in [1.54, 1.807) is 30.3 Å². The Morgan fingerprint density at radius 1 is 1.32 bits per heavy atom. The number of carbonyl (C=O) groups is 1. The lowest BCUT2D eigenvalue weighted by atomic mass is 10.1. The highest BCUT2D eigenvalue weighted by atomic mass is 16.5. The number of carbonyl (C=O) groups excluding carboxylic acids is 1. The Labute approximate surface area is 128 Å². The van der Waals surface area contributed by atoms with Gasteiger partial charge in [0, 0.05) is 25.7 Å². The molecule has 0 aliphatic rings. The molecule has 0 spiro atoms. The molecular formula is C15H17N4O3-. The predicted octanol–water partition coefficient (Wildman–Crippen LogP) is 1.36. The fraction of sp³-hybridized carbons (Fsp3) is 0.267. The molecule has 0 atom stereocenters. The molecule has 7 heteroatoms. The SMILES string of the molecule is CCOc1cc(N(C)C)nc(-c2ccccc2NC(=O)[O-])n1. The molecule has 0 aliphatic heterocycles. The minimum atomic E-state index is -1.39. The fourth-order valence-electron chi connectivity index (χ4n) is 1.88. The van der Waals surface area contributed by atoms with Crippen LogP contribution in [0.2, 0.25) is 0 Å². The van der Waals surface area contributed by atoms with Gasteiger partial charge in [0.2, 0.25) is 5.88 Å². The van der Waals surface area contributed by atoms with Gasteiger partial charge in [0.25, 0.3) is 0 Å². The lowest BCUT2D eigenvalue weighted by Gasteiger charge is -2.16. The van der Waals surface area contributed by atoms with Gasteiger partial charge >= 0.3 is 0 Å². The maximum atomic E-state index is 10.8. The summed E-state index contributed by atoms with van der Waals surface area (Å²) in [5, 5.41) is 13.0. The van der Waals surface area contributed by atoms with Crippen molar-refractivity contribution in [2.24, 2.45) is 0 Å². The van der Waals surface area contributed by atoms with E-state index >= 15 is 0 Å². The highest BCUT2D eigenvalue weighted by Crippen LogP contribution is 2.28. The van der Waals surface area contributed by atoms with E-state index in [1.807, 2.05) is 25.9 Å². The van der Waals surface area contributed by atoms with Crippen LogP contribution in [0.3, 0.4) is 0 Å². The van der Waals surface area contributed by atoms with Crippen LogP contribution in [-0.4, -0.2) is 36.8 Å². The van der Waals surface area contributed by atoms with E-state index in [1.165, 1.54) is 0 Å². The lowest BCUT2D eigenvalue weighted by molar-refractivity contribution is -0.242. The number of amides is 1. The zero-order valence-electron chi connectivity index (χ0n) is 12.7. The maximum absolute atomic E-state index is 10.8. The Hall–Kier alpha value is -2.83. The second-order valence-electron chi connectivity index (χ2n) is 4.67. The predicted molar refractivity (Wildman–Crippen MR) is 82.0 cm³/mol.